The molecule has 4 heteroatoms. The maximum atomic E-state index is 13.5. The van der Waals surface area contributed by atoms with E-state index in [1.807, 2.05) is 7.05 Å². The first-order valence-corrected chi connectivity index (χ1v) is 7.50. The van der Waals surface area contributed by atoms with Gasteiger partial charge in [-0.15, -0.1) is 0 Å². The average Bonchev–Trinajstić information content (AvgIpc) is 2.40. The van der Waals surface area contributed by atoms with Gasteiger partial charge < -0.3 is 4.90 Å². The second kappa shape index (κ2) is 6.04. The molecule has 0 radical (unpaired) electrons. The molecule has 2 atom stereocenters. The first kappa shape index (κ1) is 14.5. The topological polar surface area (TPSA) is 20.3 Å². The summed E-state index contributed by atoms with van der Waals surface area (Å²) in [5.41, 5.74) is 0.418. The number of benzene rings is 1. The minimum Gasteiger partial charge on any atom is -0.339 e. The Balaban J connectivity index is 2.11. The van der Waals surface area contributed by atoms with Crippen LogP contribution in [0.1, 0.15) is 43.0 Å². The predicted octanol–water partition coefficient (Wildman–Crippen LogP) is 4.24. The Labute approximate surface area is 122 Å². The smallest absolute Gasteiger partial charge is 0.253 e. The summed E-state index contributed by atoms with van der Waals surface area (Å²) >= 11 is 3.10. The van der Waals surface area contributed by atoms with Crippen LogP contribution in [0.2, 0.25) is 0 Å². The number of carbonyl (C=O) groups excluding carboxylic acids is 1. The lowest BCUT2D eigenvalue weighted by atomic mass is 9.86. The van der Waals surface area contributed by atoms with Gasteiger partial charge in [0.05, 0.1) is 4.47 Å². The first-order chi connectivity index (χ1) is 8.99. The Morgan fingerprint density at radius 2 is 2.16 bits per heavy atom. The van der Waals surface area contributed by atoms with E-state index in [1.54, 1.807) is 17.0 Å². The Morgan fingerprint density at radius 1 is 1.42 bits per heavy atom. The molecule has 1 aliphatic rings. The van der Waals surface area contributed by atoms with E-state index in [9.17, 15) is 9.18 Å². The predicted molar refractivity (Wildman–Crippen MR) is 77.6 cm³/mol. The fraction of sp³-hybridized carbons (Fsp3) is 0.533. The quantitative estimate of drug-likeness (QED) is 0.795. The van der Waals surface area contributed by atoms with Crippen molar-refractivity contribution in [3.63, 3.8) is 0 Å². The van der Waals surface area contributed by atoms with Crippen LogP contribution in [0.25, 0.3) is 0 Å². The van der Waals surface area contributed by atoms with Gasteiger partial charge in [0.25, 0.3) is 5.91 Å². The number of hydrogen-bond acceptors (Lipinski definition) is 1. The fourth-order valence-electron chi connectivity index (χ4n) is 2.75. The standard InChI is InChI=1S/C15H19BrFNO/c1-10-4-3-5-12(8-10)18(2)15(19)11-6-7-13(16)14(17)9-11/h6-7,9-10,12H,3-5,8H2,1-2H3. The second-order valence-electron chi connectivity index (χ2n) is 5.47. The second-order valence-corrected chi connectivity index (χ2v) is 6.32. The van der Waals surface area contributed by atoms with Gasteiger partial charge in [-0.1, -0.05) is 19.8 Å². The molecule has 0 aromatic heterocycles. The van der Waals surface area contributed by atoms with Gasteiger partial charge in [0.2, 0.25) is 0 Å². The minimum absolute atomic E-state index is 0.0921. The maximum absolute atomic E-state index is 13.5. The summed E-state index contributed by atoms with van der Waals surface area (Å²) in [6.07, 6.45) is 4.50. The minimum atomic E-state index is -0.392. The average molecular weight is 328 g/mol. The normalized spacial score (nSPS) is 23.2. The van der Waals surface area contributed by atoms with Crippen molar-refractivity contribution in [3.05, 3.63) is 34.1 Å². The highest BCUT2D eigenvalue weighted by molar-refractivity contribution is 9.10. The summed E-state index contributed by atoms with van der Waals surface area (Å²) in [5, 5.41) is 0. The Kier molecular flexibility index (Phi) is 4.61. The van der Waals surface area contributed by atoms with Crippen molar-refractivity contribution in [3.8, 4) is 0 Å². The van der Waals surface area contributed by atoms with Gasteiger partial charge in [-0.25, -0.2) is 4.39 Å². The highest BCUT2D eigenvalue weighted by atomic mass is 79.9. The molecule has 0 aliphatic heterocycles. The molecule has 2 rings (SSSR count). The zero-order valence-corrected chi connectivity index (χ0v) is 12.9. The highest BCUT2D eigenvalue weighted by Gasteiger charge is 2.26. The van der Waals surface area contributed by atoms with E-state index >= 15 is 0 Å². The van der Waals surface area contributed by atoms with E-state index in [-0.39, 0.29) is 11.9 Å². The van der Waals surface area contributed by atoms with Crippen molar-refractivity contribution < 1.29 is 9.18 Å². The highest BCUT2D eigenvalue weighted by Crippen LogP contribution is 2.27. The van der Waals surface area contributed by atoms with Crippen LogP contribution in [0.4, 0.5) is 4.39 Å². The van der Waals surface area contributed by atoms with E-state index in [2.05, 4.69) is 22.9 Å². The van der Waals surface area contributed by atoms with E-state index < -0.39 is 5.82 Å². The van der Waals surface area contributed by atoms with E-state index in [1.165, 1.54) is 12.5 Å². The molecule has 1 amide bonds. The first-order valence-electron chi connectivity index (χ1n) is 6.71. The summed E-state index contributed by atoms with van der Waals surface area (Å²) in [4.78, 5) is 14.1. The molecule has 2 unspecified atom stereocenters. The molecule has 0 spiro atoms. The van der Waals surface area contributed by atoms with Gasteiger partial charge in [0.1, 0.15) is 5.82 Å². The van der Waals surface area contributed by atoms with Crippen molar-refractivity contribution in [1.29, 1.82) is 0 Å². The molecule has 0 bridgehead atoms. The largest absolute Gasteiger partial charge is 0.339 e. The number of rotatable bonds is 2. The maximum Gasteiger partial charge on any atom is 0.253 e. The Hall–Kier alpha value is -0.900. The van der Waals surface area contributed by atoms with Crippen LogP contribution in [-0.2, 0) is 0 Å². The lowest BCUT2D eigenvalue weighted by molar-refractivity contribution is 0.0672. The van der Waals surface area contributed by atoms with Crippen molar-refractivity contribution in [2.24, 2.45) is 5.92 Å². The van der Waals surface area contributed by atoms with E-state index in [0.717, 1.165) is 19.3 Å². The summed E-state index contributed by atoms with van der Waals surface area (Å²) in [6, 6.07) is 4.83. The van der Waals surface area contributed by atoms with Gasteiger partial charge >= 0.3 is 0 Å². The van der Waals surface area contributed by atoms with Crippen LogP contribution in [0.15, 0.2) is 22.7 Å². The molecule has 1 aromatic rings. The zero-order chi connectivity index (χ0) is 14.0. The summed E-state index contributed by atoms with van der Waals surface area (Å²) in [6.45, 7) is 2.23. The third-order valence-electron chi connectivity index (χ3n) is 3.94. The van der Waals surface area contributed by atoms with Crippen molar-refractivity contribution in [1.82, 2.24) is 4.90 Å². The number of hydrogen-bond donors (Lipinski definition) is 0. The third kappa shape index (κ3) is 3.35. The van der Waals surface area contributed by atoms with Crippen LogP contribution in [0, 0.1) is 11.7 Å². The molecule has 104 valence electrons. The SMILES string of the molecule is CC1CCCC(N(C)C(=O)c2ccc(Br)c(F)c2)C1. The molecule has 1 fully saturated rings. The van der Waals surface area contributed by atoms with Crippen LogP contribution < -0.4 is 0 Å². The number of carbonyl (C=O) groups is 1. The Morgan fingerprint density at radius 3 is 2.79 bits per heavy atom. The third-order valence-corrected chi connectivity index (χ3v) is 4.59. The molecular weight excluding hydrogens is 309 g/mol. The van der Waals surface area contributed by atoms with E-state index in [0.29, 0.717) is 16.0 Å². The van der Waals surface area contributed by atoms with Crippen molar-refractivity contribution in [2.45, 2.75) is 38.6 Å². The van der Waals surface area contributed by atoms with Crippen LogP contribution in [0.5, 0.6) is 0 Å². The molecule has 1 aromatic carbocycles. The molecule has 1 aliphatic carbocycles. The lowest BCUT2D eigenvalue weighted by Crippen LogP contribution is -2.39. The van der Waals surface area contributed by atoms with Crippen LogP contribution in [-0.4, -0.2) is 23.9 Å². The van der Waals surface area contributed by atoms with Gasteiger partial charge in [0.15, 0.2) is 0 Å². The lowest BCUT2D eigenvalue weighted by Gasteiger charge is -2.34. The monoisotopic (exact) mass is 327 g/mol. The van der Waals surface area contributed by atoms with Crippen molar-refractivity contribution in [2.75, 3.05) is 7.05 Å². The molecule has 2 nitrogen and oxygen atoms in total. The fourth-order valence-corrected chi connectivity index (χ4v) is 3.00. The van der Waals surface area contributed by atoms with Gasteiger partial charge in [-0.2, -0.15) is 0 Å². The Bertz CT molecular complexity index is 477. The summed E-state index contributed by atoms with van der Waals surface area (Å²) in [7, 11) is 1.82. The van der Waals surface area contributed by atoms with Gasteiger partial charge in [-0.3, -0.25) is 4.79 Å². The molecule has 1 saturated carbocycles. The van der Waals surface area contributed by atoms with Gasteiger partial charge in [-0.05, 0) is 52.9 Å². The molecule has 0 saturated heterocycles. The van der Waals surface area contributed by atoms with Crippen LogP contribution >= 0.6 is 15.9 Å². The molecular formula is C15H19BrFNO. The number of halogens is 2. The molecule has 0 heterocycles. The number of nitrogens with zero attached hydrogens (tertiary/aromatic N) is 1. The summed E-state index contributed by atoms with van der Waals surface area (Å²) < 4.78 is 13.9. The van der Waals surface area contributed by atoms with Crippen LogP contribution in [0.3, 0.4) is 0 Å². The van der Waals surface area contributed by atoms with E-state index in [4.69, 9.17) is 0 Å². The molecule has 19 heavy (non-hydrogen) atoms. The number of amides is 1. The molecule has 0 N–H and O–H groups in total. The van der Waals surface area contributed by atoms with Gasteiger partial charge in [0, 0.05) is 18.7 Å². The zero-order valence-electron chi connectivity index (χ0n) is 11.3. The van der Waals surface area contributed by atoms with Crippen molar-refractivity contribution >= 4 is 21.8 Å². The summed E-state index contributed by atoms with van der Waals surface area (Å²) in [5.74, 6) is 0.178.